The van der Waals surface area contributed by atoms with E-state index in [4.69, 9.17) is 19.7 Å². The molecule has 2 aliphatic heterocycles. The average Bonchev–Trinajstić information content (AvgIpc) is 3.18. The summed E-state index contributed by atoms with van der Waals surface area (Å²) in [5, 5.41) is 3.42. The van der Waals surface area contributed by atoms with Crippen LogP contribution in [0.15, 0.2) is 36.5 Å². The first-order chi connectivity index (χ1) is 15.2. The fourth-order valence-corrected chi connectivity index (χ4v) is 4.12. The molecule has 1 fully saturated rings. The van der Waals surface area contributed by atoms with Crippen LogP contribution in [0, 0.1) is 11.8 Å². The van der Waals surface area contributed by atoms with E-state index in [0.717, 1.165) is 55.4 Å². The van der Waals surface area contributed by atoms with Crippen molar-refractivity contribution in [3.05, 3.63) is 59.4 Å². The molecule has 31 heavy (non-hydrogen) atoms. The molecule has 4 heterocycles. The molecule has 1 saturated heterocycles. The fourth-order valence-electron chi connectivity index (χ4n) is 4.12. The number of fused-ring (bicyclic) bond motifs is 1. The average molecular weight is 415 g/mol. The third kappa shape index (κ3) is 4.05. The Morgan fingerprint density at radius 1 is 1.13 bits per heavy atom. The molecule has 3 aromatic rings. The Morgan fingerprint density at radius 2 is 2.00 bits per heavy atom. The van der Waals surface area contributed by atoms with E-state index in [1.54, 1.807) is 0 Å². The van der Waals surface area contributed by atoms with Gasteiger partial charge >= 0.3 is 0 Å². The van der Waals surface area contributed by atoms with Gasteiger partial charge in [0.15, 0.2) is 5.82 Å². The summed E-state index contributed by atoms with van der Waals surface area (Å²) < 4.78 is 7.57. The van der Waals surface area contributed by atoms with Crippen LogP contribution in [0.3, 0.4) is 0 Å². The minimum Gasteiger partial charge on any atom is -0.377 e. The van der Waals surface area contributed by atoms with Crippen molar-refractivity contribution in [2.45, 2.75) is 25.9 Å². The highest BCUT2D eigenvalue weighted by molar-refractivity contribution is 5.59. The number of morpholine rings is 1. The van der Waals surface area contributed by atoms with Gasteiger partial charge in [-0.05, 0) is 31.7 Å². The molecule has 0 spiro atoms. The van der Waals surface area contributed by atoms with E-state index in [1.807, 2.05) is 36.0 Å². The van der Waals surface area contributed by atoms with Gasteiger partial charge in [0.25, 0.3) is 0 Å². The second kappa shape index (κ2) is 8.50. The number of ether oxygens (including phenoxy) is 1. The number of hydrogen-bond donors (Lipinski definition) is 1. The first-order valence-corrected chi connectivity index (χ1v) is 10.7. The fraction of sp³-hybridized carbons (Fsp3) is 0.375. The van der Waals surface area contributed by atoms with Crippen LogP contribution in [0.25, 0.3) is 11.3 Å². The highest BCUT2D eigenvalue weighted by atomic mass is 16.5. The molecule has 1 aromatic carbocycles. The zero-order valence-corrected chi connectivity index (χ0v) is 17.9. The Bertz CT molecular complexity index is 1140. The van der Waals surface area contributed by atoms with Crippen LogP contribution < -0.4 is 10.2 Å². The molecule has 0 unspecified atom stereocenters. The number of anilines is 1. The Balaban J connectivity index is 1.50. The lowest BCUT2D eigenvalue weighted by Crippen LogP contribution is -2.45. The highest BCUT2D eigenvalue weighted by Crippen LogP contribution is 2.26. The van der Waals surface area contributed by atoms with E-state index in [-0.39, 0.29) is 6.04 Å². The SMILES string of the molecule is C[C@H]1COCCN1c1nc(C#Cc2nc(-c3ccccc3)cn2C)nc2c1CCNC2. The maximum absolute atomic E-state index is 5.63. The van der Waals surface area contributed by atoms with Crippen LogP contribution in [-0.2, 0) is 24.8 Å². The van der Waals surface area contributed by atoms with Gasteiger partial charge in [-0.1, -0.05) is 30.3 Å². The predicted octanol–water partition coefficient (Wildman–Crippen LogP) is 2.15. The molecule has 0 radical (unpaired) electrons. The summed E-state index contributed by atoms with van der Waals surface area (Å²) in [5.41, 5.74) is 4.27. The molecule has 2 aromatic heterocycles. The van der Waals surface area contributed by atoms with E-state index in [2.05, 4.69) is 41.1 Å². The van der Waals surface area contributed by atoms with Gasteiger partial charge in [-0.25, -0.2) is 15.0 Å². The summed E-state index contributed by atoms with van der Waals surface area (Å²) in [7, 11) is 1.96. The molecule has 0 aliphatic carbocycles. The lowest BCUT2D eigenvalue weighted by atomic mass is 10.1. The standard InChI is InChI=1S/C24H26N6O/c1-17-16-31-13-12-30(17)24-19-10-11-25-14-20(19)26-22(28-24)8-9-23-27-21(15-29(23)2)18-6-4-3-5-7-18/h3-7,15,17,25H,10-14,16H2,1-2H3/t17-/m0/s1. The monoisotopic (exact) mass is 414 g/mol. The Morgan fingerprint density at radius 3 is 2.84 bits per heavy atom. The minimum atomic E-state index is 0.284. The maximum Gasteiger partial charge on any atom is 0.207 e. The molecular formula is C24H26N6O. The largest absolute Gasteiger partial charge is 0.377 e. The number of benzene rings is 1. The van der Waals surface area contributed by atoms with Crippen LogP contribution in [0.4, 0.5) is 5.82 Å². The number of aryl methyl sites for hydroxylation is 1. The number of nitrogens with one attached hydrogen (secondary N) is 1. The summed E-state index contributed by atoms with van der Waals surface area (Å²) in [4.78, 5) is 16.7. The minimum absolute atomic E-state index is 0.284. The first kappa shape index (κ1) is 19.7. The van der Waals surface area contributed by atoms with Crippen LogP contribution in [0.1, 0.15) is 29.8 Å². The van der Waals surface area contributed by atoms with E-state index < -0.39 is 0 Å². The molecule has 2 aliphatic rings. The molecule has 1 atom stereocenters. The third-order valence-electron chi connectivity index (χ3n) is 5.79. The van der Waals surface area contributed by atoms with E-state index in [9.17, 15) is 0 Å². The van der Waals surface area contributed by atoms with Crippen molar-refractivity contribution in [3.63, 3.8) is 0 Å². The van der Waals surface area contributed by atoms with Crippen molar-refractivity contribution < 1.29 is 4.74 Å². The smallest absolute Gasteiger partial charge is 0.207 e. The number of nitrogens with zero attached hydrogens (tertiary/aromatic N) is 5. The van der Waals surface area contributed by atoms with Crippen molar-refractivity contribution in [1.82, 2.24) is 24.8 Å². The van der Waals surface area contributed by atoms with Crippen LogP contribution in [0.5, 0.6) is 0 Å². The van der Waals surface area contributed by atoms with Gasteiger partial charge in [0.1, 0.15) is 5.82 Å². The normalized spacial score (nSPS) is 18.3. The van der Waals surface area contributed by atoms with Crippen LogP contribution in [-0.4, -0.2) is 51.9 Å². The summed E-state index contributed by atoms with van der Waals surface area (Å²) in [6.07, 6.45) is 2.93. The molecule has 0 bridgehead atoms. The maximum atomic E-state index is 5.63. The molecule has 1 N–H and O–H groups in total. The van der Waals surface area contributed by atoms with Gasteiger partial charge in [-0.2, -0.15) is 0 Å². The zero-order valence-electron chi connectivity index (χ0n) is 17.9. The van der Waals surface area contributed by atoms with Gasteiger partial charge in [-0.15, -0.1) is 0 Å². The number of aromatic nitrogens is 4. The topological polar surface area (TPSA) is 68.1 Å². The Labute approximate surface area is 182 Å². The molecule has 158 valence electrons. The van der Waals surface area contributed by atoms with Gasteiger partial charge in [0.05, 0.1) is 30.6 Å². The first-order valence-electron chi connectivity index (χ1n) is 10.7. The van der Waals surface area contributed by atoms with Crippen molar-refractivity contribution in [1.29, 1.82) is 0 Å². The Kier molecular flexibility index (Phi) is 5.41. The van der Waals surface area contributed by atoms with Crippen molar-refractivity contribution in [2.24, 2.45) is 7.05 Å². The molecule has 5 rings (SSSR count). The molecular weight excluding hydrogens is 388 g/mol. The van der Waals surface area contributed by atoms with Crippen LogP contribution >= 0.6 is 0 Å². The number of imidazole rings is 1. The molecule has 0 amide bonds. The summed E-state index contributed by atoms with van der Waals surface area (Å²) in [5.74, 6) is 8.60. The van der Waals surface area contributed by atoms with Gasteiger partial charge in [0, 0.05) is 37.5 Å². The molecule has 7 nitrogen and oxygen atoms in total. The van der Waals surface area contributed by atoms with E-state index >= 15 is 0 Å². The van der Waals surface area contributed by atoms with Crippen molar-refractivity contribution in [2.75, 3.05) is 31.2 Å². The quantitative estimate of drug-likeness (QED) is 0.648. The predicted molar refractivity (Wildman–Crippen MR) is 120 cm³/mol. The number of hydrogen-bond acceptors (Lipinski definition) is 6. The lowest BCUT2D eigenvalue weighted by molar-refractivity contribution is 0.0984. The lowest BCUT2D eigenvalue weighted by Gasteiger charge is -2.36. The van der Waals surface area contributed by atoms with Gasteiger partial charge < -0.3 is 19.5 Å². The van der Waals surface area contributed by atoms with E-state index in [0.29, 0.717) is 18.3 Å². The third-order valence-corrected chi connectivity index (χ3v) is 5.79. The van der Waals surface area contributed by atoms with E-state index in [1.165, 1.54) is 5.56 Å². The van der Waals surface area contributed by atoms with Gasteiger partial charge in [0.2, 0.25) is 5.82 Å². The van der Waals surface area contributed by atoms with Crippen molar-refractivity contribution in [3.8, 4) is 23.1 Å². The Hall–Kier alpha value is -3.21. The summed E-state index contributed by atoms with van der Waals surface area (Å²) >= 11 is 0. The molecule has 7 heteroatoms. The second-order valence-corrected chi connectivity index (χ2v) is 8.02. The zero-order chi connectivity index (χ0) is 21.2. The number of rotatable bonds is 2. The molecule has 0 saturated carbocycles. The van der Waals surface area contributed by atoms with Crippen LogP contribution in [0.2, 0.25) is 0 Å². The van der Waals surface area contributed by atoms with Crippen molar-refractivity contribution >= 4 is 5.82 Å². The highest BCUT2D eigenvalue weighted by Gasteiger charge is 2.26. The van der Waals surface area contributed by atoms with Gasteiger partial charge in [-0.3, -0.25) is 0 Å². The summed E-state index contributed by atoms with van der Waals surface area (Å²) in [6.45, 7) is 6.15. The second-order valence-electron chi connectivity index (χ2n) is 8.02. The summed E-state index contributed by atoms with van der Waals surface area (Å²) in [6, 6.07) is 10.4.